The number of para-hydroxylation sites is 1. The molecule has 2 aromatic rings. The lowest BCUT2D eigenvalue weighted by atomic mass is 9.82. The first-order valence-electron chi connectivity index (χ1n) is 8.86. The summed E-state index contributed by atoms with van der Waals surface area (Å²) in [5.74, 6) is 0.908. The van der Waals surface area contributed by atoms with Crippen molar-refractivity contribution in [2.45, 2.75) is 32.4 Å². The molecule has 4 rings (SSSR count). The molecule has 0 aliphatic carbocycles. The van der Waals surface area contributed by atoms with Crippen LogP contribution in [0, 0.1) is 0 Å². The Morgan fingerprint density at radius 3 is 2.92 bits per heavy atom. The molecule has 0 unspecified atom stereocenters. The van der Waals surface area contributed by atoms with Gasteiger partial charge in [-0.05, 0) is 31.5 Å². The van der Waals surface area contributed by atoms with Gasteiger partial charge in [-0.25, -0.2) is 0 Å². The highest BCUT2D eigenvalue weighted by atomic mass is 16.7. The van der Waals surface area contributed by atoms with Gasteiger partial charge in [-0.2, -0.15) is 9.68 Å². The van der Waals surface area contributed by atoms with Gasteiger partial charge in [0.25, 0.3) is 0 Å². The molecule has 0 fully saturated rings. The van der Waals surface area contributed by atoms with E-state index < -0.39 is 0 Å². The molecule has 26 heavy (non-hydrogen) atoms. The van der Waals surface area contributed by atoms with Crippen LogP contribution in [-0.2, 0) is 23.3 Å². The molecule has 0 bridgehead atoms. The number of fused-ring (bicyclic) bond motifs is 2. The maximum Gasteiger partial charge on any atom is 0.212 e. The third-order valence-corrected chi connectivity index (χ3v) is 5.18. The van der Waals surface area contributed by atoms with Crippen LogP contribution < -0.4 is 10.2 Å². The van der Waals surface area contributed by atoms with Gasteiger partial charge in [0.05, 0.1) is 18.6 Å². The zero-order valence-electron chi connectivity index (χ0n) is 15.5. The molecule has 0 saturated carbocycles. The fourth-order valence-corrected chi connectivity index (χ4v) is 3.73. The summed E-state index contributed by atoms with van der Waals surface area (Å²) in [6, 6.07) is 14.7. The number of nitrogens with zero attached hydrogens (tertiary/aromatic N) is 2. The van der Waals surface area contributed by atoms with E-state index in [1.54, 1.807) is 0 Å². The minimum absolute atomic E-state index is 0.0585. The van der Waals surface area contributed by atoms with Gasteiger partial charge in [0.1, 0.15) is 19.0 Å². The molecule has 2 heterocycles. The molecule has 0 saturated heterocycles. The van der Waals surface area contributed by atoms with Gasteiger partial charge in [-0.1, -0.05) is 24.3 Å². The minimum atomic E-state index is -0.0585. The number of hydrogen-bond acceptors (Lipinski definition) is 4. The fourth-order valence-electron chi connectivity index (χ4n) is 3.73. The second-order valence-corrected chi connectivity index (χ2v) is 7.23. The maximum atomic E-state index is 5.46. The summed E-state index contributed by atoms with van der Waals surface area (Å²) in [6.45, 7) is 6.06. The van der Waals surface area contributed by atoms with Crippen LogP contribution in [-0.4, -0.2) is 30.3 Å². The summed E-state index contributed by atoms with van der Waals surface area (Å²) in [5, 5.41) is 4.47. The molecule has 1 N–H and O–H groups in total. The second-order valence-electron chi connectivity index (χ2n) is 7.23. The van der Waals surface area contributed by atoms with Crippen molar-refractivity contribution in [2.24, 2.45) is 5.10 Å². The van der Waals surface area contributed by atoms with Crippen molar-refractivity contribution in [3.63, 3.8) is 0 Å². The minimum Gasteiger partial charge on any atom is -0.467 e. The molecule has 5 nitrogen and oxygen atoms in total. The Kier molecular flexibility index (Phi) is 4.24. The van der Waals surface area contributed by atoms with Gasteiger partial charge in [0.2, 0.25) is 11.4 Å². The van der Waals surface area contributed by atoms with Crippen LogP contribution in [0.1, 0.15) is 30.5 Å². The molecule has 0 spiro atoms. The van der Waals surface area contributed by atoms with Crippen molar-refractivity contribution >= 4 is 17.6 Å². The first kappa shape index (κ1) is 16.8. The summed E-state index contributed by atoms with van der Waals surface area (Å²) in [5.41, 5.74) is 9.10. The molecule has 2 aromatic carbocycles. The van der Waals surface area contributed by atoms with Crippen molar-refractivity contribution in [1.29, 1.82) is 0 Å². The van der Waals surface area contributed by atoms with Crippen molar-refractivity contribution in [1.82, 2.24) is 5.43 Å². The highest BCUT2D eigenvalue weighted by molar-refractivity contribution is 6.33. The SMILES string of the molecule is C[N+]1=C(C=NNCc2ccc3c(c2)COCO3)C(C)(C)c2ccccc21. The third-order valence-electron chi connectivity index (χ3n) is 5.18. The number of hydrogen-bond donors (Lipinski definition) is 1. The number of nitrogens with one attached hydrogen (secondary N) is 1. The fraction of sp³-hybridized carbons (Fsp3) is 0.333. The molecule has 2 aliphatic rings. The molecule has 0 radical (unpaired) electrons. The molecule has 0 atom stereocenters. The number of benzene rings is 2. The zero-order chi connectivity index (χ0) is 18.1. The topological polar surface area (TPSA) is 45.9 Å². The summed E-state index contributed by atoms with van der Waals surface area (Å²) in [4.78, 5) is 0. The van der Waals surface area contributed by atoms with Gasteiger partial charge in [-0.15, -0.1) is 0 Å². The predicted octanol–water partition coefficient (Wildman–Crippen LogP) is 3.33. The summed E-state index contributed by atoms with van der Waals surface area (Å²) in [6.07, 6.45) is 1.94. The molecule has 5 heteroatoms. The Labute approximate surface area is 154 Å². The highest BCUT2D eigenvalue weighted by Crippen LogP contribution is 2.37. The van der Waals surface area contributed by atoms with E-state index in [9.17, 15) is 0 Å². The van der Waals surface area contributed by atoms with Crippen LogP contribution in [0.15, 0.2) is 47.6 Å². The van der Waals surface area contributed by atoms with Crippen molar-refractivity contribution in [3.05, 3.63) is 59.2 Å². The van der Waals surface area contributed by atoms with Crippen LogP contribution >= 0.6 is 0 Å². The Bertz CT molecular complexity index is 900. The van der Waals surface area contributed by atoms with Crippen LogP contribution in [0.5, 0.6) is 5.75 Å². The monoisotopic (exact) mass is 350 g/mol. The highest BCUT2D eigenvalue weighted by Gasteiger charge is 2.43. The standard InChI is InChI=1S/C21H23N3O2/c1-21(2)17-6-4-5-7-18(17)24(3)20(21)12-23-22-11-15-8-9-19-16(10-15)13-25-14-26-19/h4-10,12H,11,13-14H2,1-3H3/p+1. The van der Waals surface area contributed by atoms with Gasteiger partial charge in [-0.3, -0.25) is 0 Å². The van der Waals surface area contributed by atoms with E-state index >= 15 is 0 Å². The lowest BCUT2D eigenvalue weighted by Crippen LogP contribution is -2.30. The van der Waals surface area contributed by atoms with Gasteiger partial charge >= 0.3 is 0 Å². The van der Waals surface area contributed by atoms with E-state index in [0.29, 0.717) is 19.9 Å². The van der Waals surface area contributed by atoms with E-state index in [2.05, 4.69) is 72.4 Å². The second kappa shape index (κ2) is 6.57. The molecule has 2 aliphatic heterocycles. The summed E-state index contributed by atoms with van der Waals surface area (Å²) >= 11 is 0. The quantitative estimate of drug-likeness (QED) is 0.523. The normalized spacial score (nSPS) is 17.8. The van der Waals surface area contributed by atoms with Gasteiger partial charge in [0, 0.05) is 17.2 Å². The lowest BCUT2D eigenvalue weighted by Gasteiger charge is -2.18. The Balaban J connectivity index is 1.45. The van der Waals surface area contributed by atoms with Crippen LogP contribution in [0.25, 0.3) is 0 Å². The molecular formula is C21H24N3O2+. The van der Waals surface area contributed by atoms with Crippen LogP contribution in [0.4, 0.5) is 5.69 Å². The van der Waals surface area contributed by atoms with Crippen molar-refractivity contribution in [3.8, 4) is 5.75 Å². The predicted molar refractivity (Wildman–Crippen MR) is 102 cm³/mol. The van der Waals surface area contributed by atoms with Gasteiger partial charge < -0.3 is 14.9 Å². The Morgan fingerprint density at radius 1 is 1.23 bits per heavy atom. The van der Waals surface area contributed by atoms with Crippen molar-refractivity contribution < 1.29 is 14.0 Å². The molecule has 0 amide bonds. The maximum absolute atomic E-state index is 5.46. The largest absolute Gasteiger partial charge is 0.467 e. The van der Waals surface area contributed by atoms with Crippen LogP contribution in [0.2, 0.25) is 0 Å². The van der Waals surface area contributed by atoms with E-state index in [0.717, 1.165) is 16.9 Å². The number of rotatable bonds is 4. The van der Waals surface area contributed by atoms with Crippen molar-refractivity contribution in [2.75, 3.05) is 13.8 Å². The molecule has 134 valence electrons. The summed E-state index contributed by atoms with van der Waals surface area (Å²) < 4.78 is 13.0. The van der Waals surface area contributed by atoms with Crippen LogP contribution in [0.3, 0.4) is 0 Å². The van der Waals surface area contributed by atoms with Gasteiger partial charge in [0.15, 0.2) is 6.79 Å². The smallest absolute Gasteiger partial charge is 0.212 e. The molecule has 0 aromatic heterocycles. The van der Waals surface area contributed by atoms with E-state index in [1.807, 2.05) is 12.3 Å². The summed E-state index contributed by atoms with van der Waals surface area (Å²) in [7, 11) is 2.10. The third kappa shape index (κ3) is 2.88. The Morgan fingerprint density at radius 2 is 2.08 bits per heavy atom. The lowest BCUT2D eigenvalue weighted by molar-refractivity contribution is -0.400. The first-order chi connectivity index (χ1) is 12.6. The Hall–Kier alpha value is -2.66. The van der Waals surface area contributed by atoms with E-state index in [1.165, 1.54) is 17.0 Å². The van der Waals surface area contributed by atoms with E-state index in [4.69, 9.17) is 9.47 Å². The number of hydrazone groups is 1. The first-order valence-corrected chi connectivity index (χ1v) is 8.86. The number of ether oxygens (including phenoxy) is 2. The average Bonchev–Trinajstić information content (AvgIpc) is 2.85. The molecular weight excluding hydrogens is 326 g/mol. The zero-order valence-corrected chi connectivity index (χ0v) is 15.5. The average molecular weight is 350 g/mol. The van der Waals surface area contributed by atoms with E-state index in [-0.39, 0.29) is 5.41 Å².